The summed E-state index contributed by atoms with van der Waals surface area (Å²) in [6.07, 6.45) is 1.29. The van der Waals surface area contributed by atoms with E-state index in [1.807, 2.05) is 18.2 Å². The largest absolute Gasteiger partial charge is 0.496 e. The lowest BCUT2D eigenvalue weighted by Gasteiger charge is -2.31. The molecule has 0 aromatic heterocycles. The number of carbonyl (C=O) groups is 1. The van der Waals surface area contributed by atoms with Crippen molar-refractivity contribution in [1.29, 1.82) is 0 Å². The number of ether oxygens (including phenoxy) is 1. The molecule has 0 aliphatic carbocycles. The first-order valence-electron chi connectivity index (χ1n) is 9.49. The second-order valence-corrected chi connectivity index (χ2v) is 9.49. The molecule has 1 heterocycles. The third kappa shape index (κ3) is 4.91. The lowest BCUT2D eigenvalue weighted by atomic mass is 9.99. The predicted molar refractivity (Wildman–Crippen MR) is 113 cm³/mol. The highest BCUT2D eigenvalue weighted by Gasteiger charge is 2.33. The zero-order valence-electron chi connectivity index (χ0n) is 16.5. The van der Waals surface area contributed by atoms with E-state index in [0.29, 0.717) is 36.7 Å². The van der Waals surface area contributed by atoms with Crippen LogP contribution in [-0.4, -0.2) is 38.8 Å². The summed E-state index contributed by atoms with van der Waals surface area (Å²) in [5, 5.41) is 3.48. The Bertz CT molecular complexity index is 994. The number of hydrogen-bond acceptors (Lipinski definition) is 4. The lowest BCUT2D eigenvalue weighted by Crippen LogP contribution is -2.45. The van der Waals surface area contributed by atoms with E-state index in [0.717, 1.165) is 11.1 Å². The van der Waals surface area contributed by atoms with E-state index >= 15 is 0 Å². The Kier molecular flexibility index (Phi) is 6.82. The van der Waals surface area contributed by atoms with Crippen molar-refractivity contribution >= 4 is 27.5 Å². The van der Waals surface area contributed by atoms with Crippen LogP contribution in [0.15, 0.2) is 47.4 Å². The van der Waals surface area contributed by atoms with E-state index in [1.165, 1.54) is 4.31 Å². The van der Waals surface area contributed by atoms with Gasteiger partial charge in [0.2, 0.25) is 15.9 Å². The van der Waals surface area contributed by atoms with Crippen LogP contribution in [0.1, 0.15) is 24.0 Å². The number of sulfonamides is 1. The lowest BCUT2D eigenvalue weighted by molar-refractivity contribution is -0.126. The molecule has 1 aliphatic rings. The number of benzene rings is 2. The molecule has 2 aromatic rings. The van der Waals surface area contributed by atoms with Gasteiger partial charge in [0.05, 0.1) is 17.9 Å². The van der Waals surface area contributed by atoms with Crippen LogP contribution in [0, 0.1) is 12.8 Å². The zero-order chi connectivity index (χ0) is 21.0. The van der Waals surface area contributed by atoms with Crippen LogP contribution in [-0.2, 0) is 21.4 Å². The summed E-state index contributed by atoms with van der Waals surface area (Å²) in [4.78, 5) is 12.9. The van der Waals surface area contributed by atoms with Crippen LogP contribution in [0.5, 0.6) is 5.75 Å². The van der Waals surface area contributed by atoms with E-state index in [-0.39, 0.29) is 23.3 Å². The van der Waals surface area contributed by atoms with Gasteiger partial charge in [0, 0.05) is 24.7 Å². The molecule has 8 heteroatoms. The maximum absolute atomic E-state index is 13.1. The maximum Gasteiger partial charge on any atom is 0.243 e. The van der Waals surface area contributed by atoms with Gasteiger partial charge in [-0.2, -0.15) is 4.31 Å². The molecule has 29 heavy (non-hydrogen) atoms. The smallest absolute Gasteiger partial charge is 0.243 e. The summed E-state index contributed by atoms with van der Waals surface area (Å²) < 4.78 is 32.7. The average molecular weight is 437 g/mol. The van der Waals surface area contributed by atoms with E-state index in [4.69, 9.17) is 16.3 Å². The molecule has 0 bridgehead atoms. The number of rotatable bonds is 6. The molecular formula is C21H25ClN2O4S. The first kappa shape index (κ1) is 21.6. The summed E-state index contributed by atoms with van der Waals surface area (Å²) in [6.45, 7) is 2.70. The molecule has 1 amide bonds. The highest BCUT2D eigenvalue weighted by atomic mass is 35.5. The van der Waals surface area contributed by atoms with Gasteiger partial charge in [0.1, 0.15) is 5.75 Å². The molecule has 2 aromatic carbocycles. The Morgan fingerprint density at radius 1 is 1.28 bits per heavy atom. The molecule has 1 atom stereocenters. The molecule has 1 fully saturated rings. The normalized spacial score (nSPS) is 17.7. The van der Waals surface area contributed by atoms with E-state index in [1.54, 1.807) is 38.3 Å². The average Bonchev–Trinajstić information content (AvgIpc) is 2.73. The van der Waals surface area contributed by atoms with Crippen molar-refractivity contribution in [2.24, 2.45) is 5.92 Å². The minimum Gasteiger partial charge on any atom is -0.496 e. The SMILES string of the molecule is COc1ccc(S(=O)(=O)N2CCC[C@@H](C(=O)NCc3ccccc3Cl)C2)cc1C. The number of amides is 1. The molecule has 1 aliphatic heterocycles. The molecule has 0 saturated carbocycles. The number of hydrogen-bond donors (Lipinski definition) is 1. The van der Waals surface area contributed by atoms with Gasteiger partial charge in [-0.1, -0.05) is 29.8 Å². The van der Waals surface area contributed by atoms with Gasteiger partial charge in [-0.15, -0.1) is 0 Å². The Morgan fingerprint density at radius 3 is 2.72 bits per heavy atom. The molecule has 1 N–H and O–H groups in total. The molecule has 0 radical (unpaired) electrons. The quantitative estimate of drug-likeness (QED) is 0.753. The van der Waals surface area contributed by atoms with Gasteiger partial charge in [-0.3, -0.25) is 4.79 Å². The van der Waals surface area contributed by atoms with Crippen molar-refractivity contribution in [2.75, 3.05) is 20.2 Å². The van der Waals surface area contributed by atoms with Crippen molar-refractivity contribution in [3.63, 3.8) is 0 Å². The van der Waals surface area contributed by atoms with E-state index < -0.39 is 10.0 Å². The number of methoxy groups -OCH3 is 1. The molecule has 1 saturated heterocycles. The number of carbonyl (C=O) groups excluding carboxylic acids is 1. The number of aryl methyl sites for hydroxylation is 1. The van der Waals surface area contributed by atoms with Crippen LogP contribution in [0.4, 0.5) is 0 Å². The second kappa shape index (κ2) is 9.15. The zero-order valence-corrected chi connectivity index (χ0v) is 18.1. The Hall–Kier alpha value is -2.09. The van der Waals surface area contributed by atoms with Crippen molar-refractivity contribution < 1.29 is 17.9 Å². The van der Waals surface area contributed by atoms with Crippen LogP contribution < -0.4 is 10.1 Å². The number of nitrogens with zero attached hydrogens (tertiary/aromatic N) is 1. The predicted octanol–water partition coefficient (Wildman–Crippen LogP) is 3.37. The van der Waals surface area contributed by atoms with Crippen molar-refractivity contribution in [3.05, 3.63) is 58.6 Å². The van der Waals surface area contributed by atoms with Crippen LogP contribution >= 0.6 is 11.6 Å². The molecule has 156 valence electrons. The standard InChI is InChI=1S/C21H25ClN2O4S/c1-15-12-18(9-10-20(15)28-2)29(26,27)24-11-5-7-17(14-24)21(25)23-13-16-6-3-4-8-19(16)22/h3-4,6,8-10,12,17H,5,7,11,13-14H2,1-2H3,(H,23,25)/t17-/m1/s1. The fraction of sp³-hybridized carbons (Fsp3) is 0.381. The number of piperidine rings is 1. The highest BCUT2D eigenvalue weighted by Crippen LogP contribution is 2.27. The summed E-state index contributed by atoms with van der Waals surface area (Å²) in [5.41, 5.74) is 1.58. The fourth-order valence-electron chi connectivity index (χ4n) is 3.50. The minimum absolute atomic E-state index is 0.157. The Labute approximate surface area is 176 Å². The Balaban J connectivity index is 1.68. The molecule has 0 unspecified atom stereocenters. The number of nitrogens with one attached hydrogen (secondary N) is 1. The molecular weight excluding hydrogens is 412 g/mol. The summed E-state index contributed by atoms with van der Waals surface area (Å²) in [5.74, 6) is 0.0931. The van der Waals surface area contributed by atoms with Crippen molar-refractivity contribution in [2.45, 2.75) is 31.2 Å². The third-order valence-electron chi connectivity index (χ3n) is 5.17. The third-order valence-corrected chi connectivity index (χ3v) is 7.40. The van der Waals surface area contributed by atoms with Crippen LogP contribution in [0.25, 0.3) is 0 Å². The van der Waals surface area contributed by atoms with Crippen molar-refractivity contribution in [1.82, 2.24) is 9.62 Å². The van der Waals surface area contributed by atoms with Gasteiger partial charge in [0.15, 0.2) is 0 Å². The van der Waals surface area contributed by atoms with Crippen molar-refractivity contribution in [3.8, 4) is 5.75 Å². The van der Waals surface area contributed by atoms with Crippen LogP contribution in [0.3, 0.4) is 0 Å². The fourth-order valence-corrected chi connectivity index (χ4v) is 5.32. The van der Waals surface area contributed by atoms with Gasteiger partial charge in [0.25, 0.3) is 0 Å². The van der Waals surface area contributed by atoms with Gasteiger partial charge in [-0.25, -0.2) is 8.42 Å². The second-order valence-electron chi connectivity index (χ2n) is 7.14. The van der Waals surface area contributed by atoms with Crippen LogP contribution in [0.2, 0.25) is 5.02 Å². The first-order chi connectivity index (χ1) is 13.8. The Morgan fingerprint density at radius 2 is 2.03 bits per heavy atom. The summed E-state index contributed by atoms with van der Waals surface area (Å²) in [7, 11) is -2.12. The monoisotopic (exact) mass is 436 g/mol. The highest BCUT2D eigenvalue weighted by molar-refractivity contribution is 7.89. The van der Waals surface area contributed by atoms with Gasteiger partial charge >= 0.3 is 0 Å². The summed E-state index contributed by atoms with van der Waals surface area (Å²) in [6, 6.07) is 12.1. The minimum atomic E-state index is -3.67. The number of halogens is 1. The maximum atomic E-state index is 13.1. The van der Waals surface area contributed by atoms with E-state index in [2.05, 4.69) is 5.32 Å². The summed E-state index contributed by atoms with van der Waals surface area (Å²) >= 11 is 6.13. The van der Waals surface area contributed by atoms with E-state index in [9.17, 15) is 13.2 Å². The van der Waals surface area contributed by atoms with Gasteiger partial charge < -0.3 is 10.1 Å². The topological polar surface area (TPSA) is 75.7 Å². The molecule has 3 rings (SSSR count). The molecule has 0 spiro atoms. The first-order valence-corrected chi connectivity index (χ1v) is 11.3. The van der Waals surface area contributed by atoms with Gasteiger partial charge in [-0.05, 0) is 55.2 Å². The molecule has 6 nitrogen and oxygen atoms in total.